The van der Waals surface area contributed by atoms with Gasteiger partial charge in [-0.15, -0.1) is 11.3 Å². The number of hydrogen-bond acceptors (Lipinski definition) is 5. The quantitative estimate of drug-likeness (QED) is 0.738. The first-order valence-corrected chi connectivity index (χ1v) is 10.7. The molecule has 2 amide bonds. The van der Waals surface area contributed by atoms with Crippen molar-refractivity contribution >= 4 is 54.8 Å². The highest BCUT2D eigenvalue weighted by atomic mass is 79.9. The summed E-state index contributed by atoms with van der Waals surface area (Å²) >= 11 is 4.59. The summed E-state index contributed by atoms with van der Waals surface area (Å²) < 4.78 is 28.6. The van der Waals surface area contributed by atoms with E-state index in [2.05, 4.69) is 20.7 Å². The van der Waals surface area contributed by atoms with Crippen molar-refractivity contribution in [1.82, 2.24) is 4.90 Å². The molecule has 9 heteroatoms. The zero-order chi connectivity index (χ0) is 17.9. The standard InChI is InChI=1S/C16H13BrN2O4S2/c1-8-12(7-13(17)24-8)25(22,23)18-11-4-2-3-10-14(11)16(21)19(15(10)20)9-5-6-9/h2-4,7,9,18H,5-6H2,1H3. The minimum atomic E-state index is -3.86. The molecule has 1 aromatic carbocycles. The molecule has 2 aromatic rings. The number of sulfonamides is 1. The van der Waals surface area contributed by atoms with Crippen LogP contribution >= 0.6 is 27.3 Å². The van der Waals surface area contributed by atoms with Crippen LogP contribution in [-0.4, -0.2) is 31.2 Å². The van der Waals surface area contributed by atoms with Gasteiger partial charge in [-0.1, -0.05) is 6.07 Å². The fourth-order valence-corrected chi connectivity index (χ4v) is 6.44. The lowest BCUT2D eigenvalue weighted by molar-refractivity contribution is 0.0643. The van der Waals surface area contributed by atoms with Gasteiger partial charge in [-0.3, -0.25) is 19.2 Å². The predicted molar refractivity (Wildman–Crippen MR) is 97.5 cm³/mol. The molecule has 0 unspecified atom stereocenters. The molecule has 0 bridgehead atoms. The van der Waals surface area contributed by atoms with Crippen LogP contribution in [0.15, 0.2) is 32.9 Å². The molecule has 0 atom stereocenters. The van der Waals surface area contributed by atoms with Crippen LogP contribution in [0.5, 0.6) is 0 Å². The van der Waals surface area contributed by atoms with Gasteiger partial charge in [0.2, 0.25) is 0 Å². The van der Waals surface area contributed by atoms with E-state index in [1.165, 1.54) is 28.4 Å². The highest BCUT2D eigenvalue weighted by molar-refractivity contribution is 9.11. The Hall–Kier alpha value is -1.71. The number of amides is 2. The summed E-state index contributed by atoms with van der Waals surface area (Å²) in [6.45, 7) is 1.71. The fourth-order valence-electron chi connectivity index (χ4n) is 2.95. The van der Waals surface area contributed by atoms with Crippen LogP contribution in [0.1, 0.15) is 38.4 Å². The molecule has 1 saturated carbocycles. The lowest BCUT2D eigenvalue weighted by Gasteiger charge is -2.12. The molecular weight excluding hydrogens is 428 g/mol. The summed E-state index contributed by atoms with van der Waals surface area (Å²) in [6, 6.07) is 6.10. The number of aryl methyl sites for hydroxylation is 1. The van der Waals surface area contributed by atoms with Crippen LogP contribution in [0.3, 0.4) is 0 Å². The topological polar surface area (TPSA) is 83.6 Å². The number of thiophene rings is 1. The van der Waals surface area contributed by atoms with Crippen molar-refractivity contribution in [3.63, 3.8) is 0 Å². The first-order chi connectivity index (χ1) is 11.8. The minimum absolute atomic E-state index is 0.0630. The van der Waals surface area contributed by atoms with Gasteiger partial charge >= 0.3 is 0 Å². The largest absolute Gasteiger partial charge is 0.279 e. The SMILES string of the molecule is Cc1sc(Br)cc1S(=O)(=O)Nc1cccc2c1C(=O)N(C1CC1)C2=O. The number of fused-ring (bicyclic) bond motifs is 1. The molecule has 1 N–H and O–H groups in total. The summed E-state index contributed by atoms with van der Waals surface area (Å²) in [6.07, 6.45) is 1.60. The number of imide groups is 1. The summed E-state index contributed by atoms with van der Waals surface area (Å²) in [5.41, 5.74) is 0.524. The van der Waals surface area contributed by atoms with Crippen LogP contribution in [0.25, 0.3) is 0 Å². The van der Waals surface area contributed by atoms with Gasteiger partial charge in [0.05, 0.1) is 20.6 Å². The third-order valence-electron chi connectivity index (χ3n) is 4.23. The molecule has 130 valence electrons. The zero-order valence-electron chi connectivity index (χ0n) is 13.1. The molecule has 1 aliphatic carbocycles. The summed E-state index contributed by atoms with van der Waals surface area (Å²) in [5.74, 6) is -0.776. The van der Waals surface area contributed by atoms with E-state index in [-0.39, 0.29) is 33.7 Å². The second kappa shape index (κ2) is 5.65. The van der Waals surface area contributed by atoms with Gasteiger partial charge in [-0.2, -0.15) is 0 Å². The molecule has 1 aromatic heterocycles. The molecule has 0 spiro atoms. The van der Waals surface area contributed by atoms with E-state index in [9.17, 15) is 18.0 Å². The zero-order valence-corrected chi connectivity index (χ0v) is 16.3. The predicted octanol–water partition coefficient (Wildman–Crippen LogP) is 3.38. The molecule has 0 saturated heterocycles. The van der Waals surface area contributed by atoms with Crippen molar-refractivity contribution in [3.05, 3.63) is 44.1 Å². The van der Waals surface area contributed by atoms with Crippen molar-refractivity contribution in [1.29, 1.82) is 0 Å². The summed E-state index contributed by atoms with van der Waals surface area (Å²) in [4.78, 5) is 27.2. The second-order valence-electron chi connectivity index (χ2n) is 6.02. The smallest absolute Gasteiger partial charge is 0.263 e. The normalized spacial score (nSPS) is 17.1. The average molecular weight is 441 g/mol. The van der Waals surface area contributed by atoms with E-state index < -0.39 is 15.9 Å². The molecule has 4 rings (SSSR count). The Kier molecular flexibility index (Phi) is 3.78. The maximum absolute atomic E-state index is 12.7. The molecule has 1 aliphatic heterocycles. The number of benzene rings is 1. The molecule has 25 heavy (non-hydrogen) atoms. The molecular formula is C16H13BrN2O4S2. The van der Waals surface area contributed by atoms with E-state index in [0.717, 1.165) is 12.8 Å². The third-order valence-corrected chi connectivity index (χ3v) is 7.41. The van der Waals surface area contributed by atoms with Crippen LogP contribution in [0.4, 0.5) is 5.69 Å². The maximum Gasteiger partial charge on any atom is 0.263 e. The minimum Gasteiger partial charge on any atom is -0.279 e. The van der Waals surface area contributed by atoms with Gasteiger partial charge in [0.25, 0.3) is 21.8 Å². The number of nitrogens with zero attached hydrogens (tertiary/aromatic N) is 1. The van der Waals surface area contributed by atoms with Crippen LogP contribution < -0.4 is 4.72 Å². The highest BCUT2D eigenvalue weighted by Gasteiger charge is 2.45. The van der Waals surface area contributed by atoms with E-state index in [0.29, 0.717) is 8.66 Å². The van der Waals surface area contributed by atoms with Crippen LogP contribution in [-0.2, 0) is 10.0 Å². The molecule has 1 fully saturated rings. The van der Waals surface area contributed by atoms with Crippen molar-refractivity contribution in [2.45, 2.75) is 30.7 Å². The number of nitrogens with one attached hydrogen (secondary N) is 1. The first-order valence-electron chi connectivity index (χ1n) is 7.59. The molecule has 2 heterocycles. The van der Waals surface area contributed by atoms with Gasteiger partial charge in [-0.05, 0) is 53.9 Å². The van der Waals surface area contributed by atoms with Gasteiger partial charge in [0.1, 0.15) is 4.90 Å². The van der Waals surface area contributed by atoms with Crippen molar-refractivity contribution in [3.8, 4) is 0 Å². The summed E-state index contributed by atoms with van der Waals surface area (Å²) in [5, 5.41) is 0. The fraction of sp³-hybridized carbons (Fsp3) is 0.250. The maximum atomic E-state index is 12.7. The summed E-state index contributed by atoms with van der Waals surface area (Å²) in [7, 11) is -3.86. The third kappa shape index (κ3) is 2.70. The number of hydrogen-bond donors (Lipinski definition) is 1. The van der Waals surface area contributed by atoms with Gasteiger partial charge in [-0.25, -0.2) is 8.42 Å². The van der Waals surface area contributed by atoms with E-state index in [1.807, 2.05) is 0 Å². The Morgan fingerprint density at radius 1 is 1.24 bits per heavy atom. The van der Waals surface area contributed by atoms with E-state index in [1.54, 1.807) is 19.1 Å². The van der Waals surface area contributed by atoms with Crippen molar-refractivity contribution < 1.29 is 18.0 Å². The van der Waals surface area contributed by atoms with Gasteiger partial charge in [0, 0.05) is 10.9 Å². The lowest BCUT2D eigenvalue weighted by atomic mass is 10.1. The Balaban J connectivity index is 1.76. The molecule has 6 nitrogen and oxygen atoms in total. The molecule has 2 aliphatic rings. The second-order valence-corrected chi connectivity index (χ2v) is 10.3. The van der Waals surface area contributed by atoms with Gasteiger partial charge in [0.15, 0.2) is 0 Å². The first kappa shape index (κ1) is 16.7. The Morgan fingerprint density at radius 3 is 2.56 bits per heavy atom. The monoisotopic (exact) mass is 440 g/mol. The van der Waals surface area contributed by atoms with E-state index >= 15 is 0 Å². The Morgan fingerprint density at radius 2 is 1.96 bits per heavy atom. The lowest BCUT2D eigenvalue weighted by Crippen LogP contribution is -2.31. The number of anilines is 1. The van der Waals surface area contributed by atoms with Crippen molar-refractivity contribution in [2.75, 3.05) is 4.72 Å². The number of carbonyl (C=O) groups excluding carboxylic acids is 2. The van der Waals surface area contributed by atoms with E-state index in [4.69, 9.17) is 0 Å². The Bertz CT molecular complexity index is 1020. The molecule has 0 radical (unpaired) electrons. The number of halogens is 1. The Labute approximate surface area is 157 Å². The average Bonchev–Trinajstić information content (AvgIpc) is 3.25. The van der Waals surface area contributed by atoms with Gasteiger partial charge < -0.3 is 0 Å². The van der Waals surface area contributed by atoms with Crippen LogP contribution in [0, 0.1) is 6.92 Å². The van der Waals surface area contributed by atoms with Crippen molar-refractivity contribution in [2.24, 2.45) is 0 Å². The number of carbonyl (C=O) groups is 2. The van der Waals surface area contributed by atoms with Crippen LogP contribution in [0.2, 0.25) is 0 Å². The number of rotatable bonds is 4. The highest BCUT2D eigenvalue weighted by Crippen LogP contribution is 2.38.